The van der Waals surface area contributed by atoms with Crippen LogP contribution in [0.15, 0.2) is 28.9 Å². The minimum atomic E-state index is -0.746. The van der Waals surface area contributed by atoms with E-state index in [1.807, 2.05) is 0 Å². The van der Waals surface area contributed by atoms with E-state index in [0.29, 0.717) is 28.2 Å². The number of rotatable bonds is 4. The third-order valence-electron chi connectivity index (χ3n) is 3.80. The van der Waals surface area contributed by atoms with Gasteiger partial charge in [-0.1, -0.05) is 22.0 Å². The second-order valence-electron chi connectivity index (χ2n) is 5.58. The van der Waals surface area contributed by atoms with Crippen LogP contribution in [0.2, 0.25) is 0 Å². The molecule has 24 heavy (non-hydrogen) atoms. The molecule has 0 radical (unpaired) electrons. The number of halogens is 2. The lowest BCUT2D eigenvalue weighted by molar-refractivity contribution is -0.128. The number of hydrogen-bond donors (Lipinski definition) is 2. The molecule has 2 N–H and O–H groups in total. The molecule has 1 aromatic heterocycles. The molecule has 1 aliphatic heterocycles. The normalized spacial score (nSPS) is 20.8. The number of amides is 1. The Morgan fingerprint density at radius 1 is 1.54 bits per heavy atom. The summed E-state index contributed by atoms with van der Waals surface area (Å²) in [5.74, 6) is -0.555. The number of carbonyl (C=O) groups is 1. The highest BCUT2D eigenvalue weighted by Gasteiger charge is 2.24. The van der Waals surface area contributed by atoms with Crippen LogP contribution in [0.25, 0.3) is 0 Å². The largest absolute Gasteiger partial charge is 0.368 e. The molecule has 2 heterocycles. The first-order valence-electron chi connectivity index (χ1n) is 7.50. The van der Waals surface area contributed by atoms with Crippen LogP contribution in [-0.4, -0.2) is 28.9 Å². The predicted molar refractivity (Wildman–Crippen MR) is 92.5 cm³/mol. The molecular weight excluding hydrogens is 399 g/mol. The van der Waals surface area contributed by atoms with Crippen molar-refractivity contribution in [1.82, 2.24) is 4.98 Å². The van der Waals surface area contributed by atoms with Gasteiger partial charge in [0.1, 0.15) is 5.82 Å². The van der Waals surface area contributed by atoms with E-state index < -0.39 is 12.1 Å². The molecule has 2 atom stereocenters. The summed E-state index contributed by atoms with van der Waals surface area (Å²) in [6, 6.07) is 4.61. The van der Waals surface area contributed by atoms with Gasteiger partial charge in [-0.3, -0.25) is 4.79 Å². The molecule has 2 aromatic rings. The molecule has 0 saturated carbocycles. The van der Waals surface area contributed by atoms with E-state index in [1.54, 1.807) is 18.3 Å². The number of aromatic nitrogens is 1. The van der Waals surface area contributed by atoms with Gasteiger partial charge in [-0.2, -0.15) is 0 Å². The highest BCUT2D eigenvalue weighted by Crippen LogP contribution is 2.34. The van der Waals surface area contributed by atoms with E-state index in [9.17, 15) is 14.3 Å². The Kier molecular flexibility index (Phi) is 5.60. The van der Waals surface area contributed by atoms with Gasteiger partial charge in [-0.15, -0.1) is 11.3 Å². The number of carbonyl (C=O) groups excluding carboxylic acids is 1. The van der Waals surface area contributed by atoms with Crippen molar-refractivity contribution in [2.45, 2.75) is 31.5 Å². The average Bonchev–Trinajstić information content (AvgIpc) is 2.98. The number of aliphatic hydroxyl groups excluding tert-OH is 1. The van der Waals surface area contributed by atoms with Gasteiger partial charge in [-0.05, 0) is 24.1 Å². The number of benzene rings is 1. The van der Waals surface area contributed by atoms with E-state index in [4.69, 9.17) is 4.74 Å². The zero-order valence-corrected chi connectivity index (χ0v) is 15.1. The number of nitrogens with one attached hydrogen (secondary N) is 1. The first-order valence-corrected chi connectivity index (χ1v) is 9.11. The fourth-order valence-corrected chi connectivity index (χ4v) is 3.88. The molecule has 1 saturated heterocycles. The number of hydrogen-bond acceptors (Lipinski definition) is 5. The van der Waals surface area contributed by atoms with E-state index >= 15 is 0 Å². The smallest absolute Gasteiger partial charge is 0.230 e. The minimum Gasteiger partial charge on any atom is -0.368 e. The molecule has 0 bridgehead atoms. The standard InChI is InChI=1S/C16H16BrFN2O3S/c17-11-2-1-9(12(18)7-11)5-14(21)20-16-19-8-13(24-16)10-3-4-23-15(22)6-10/h1-2,7-8,10,15,22H,3-6H2,(H,19,20,21). The molecule has 2 unspecified atom stereocenters. The van der Waals surface area contributed by atoms with Crippen LogP contribution in [0, 0.1) is 5.82 Å². The van der Waals surface area contributed by atoms with Crippen LogP contribution in [0.4, 0.5) is 9.52 Å². The van der Waals surface area contributed by atoms with Crippen molar-refractivity contribution in [3.05, 3.63) is 45.1 Å². The van der Waals surface area contributed by atoms with Gasteiger partial charge in [0.25, 0.3) is 0 Å². The predicted octanol–water partition coefficient (Wildman–Crippen LogP) is 3.44. The maximum Gasteiger partial charge on any atom is 0.230 e. The Bertz CT molecular complexity index is 740. The van der Waals surface area contributed by atoms with Crippen molar-refractivity contribution >= 4 is 38.3 Å². The van der Waals surface area contributed by atoms with E-state index in [1.165, 1.54) is 17.4 Å². The number of aliphatic hydroxyl groups is 1. The van der Waals surface area contributed by atoms with Gasteiger partial charge in [0.2, 0.25) is 5.91 Å². The van der Waals surface area contributed by atoms with Crippen molar-refractivity contribution < 1.29 is 19.0 Å². The maximum absolute atomic E-state index is 13.8. The summed E-state index contributed by atoms with van der Waals surface area (Å²) < 4.78 is 19.5. The fraction of sp³-hybridized carbons (Fsp3) is 0.375. The first kappa shape index (κ1) is 17.5. The molecule has 0 aliphatic carbocycles. The van der Waals surface area contributed by atoms with Crippen molar-refractivity contribution in [2.24, 2.45) is 0 Å². The second kappa shape index (κ2) is 7.69. The van der Waals surface area contributed by atoms with Gasteiger partial charge in [0, 0.05) is 27.9 Å². The van der Waals surface area contributed by atoms with E-state index in [2.05, 4.69) is 26.2 Å². The fourth-order valence-electron chi connectivity index (χ4n) is 2.57. The number of thiazole rings is 1. The van der Waals surface area contributed by atoms with E-state index in [-0.39, 0.29) is 18.2 Å². The van der Waals surface area contributed by atoms with Gasteiger partial charge in [-0.25, -0.2) is 9.37 Å². The molecule has 1 fully saturated rings. The van der Waals surface area contributed by atoms with Crippen molar-refractivity contribution in [1.29, 1.82) is 0 Å². The molecule has 1 aliphatic rings. The lowest BCUT2D eigenvalue weighted by atomic mass is 9.98. The summed E-state index contributed by atoms with van der Waals surface area (Å²) >= 11 is 4.56. The molecule has 1 aromatic carbocycles. The van der Waals surface area contributed by atoms with Gasteiger partial charge in [0.05, 0.1) is 13.0 Å². The lowest BCUT2D eigenvalue weighted by Gasteiger charge is -2.24. The number of ether oxygens (including phenoxy) is 1. The zero-order chi connectivity index (χ0) is 17.1. The highest BCUT2D eigenvalue weighted by molar-refractivity contribution is 9.10. The minimum absolute atomic E-state index is 0.0516. The zero-order valence-electron chi connectivity index (χ0n) is 12.7. The molecular formula is C16H16BrFN2O3S. The lowest BCUT2D eigenvalue weighted by Crippen LogP contribution is -2.23. The highest BCUT2D eigenvalue weighted by atomic mass is 79.9. The van der Waals surface area contributed by atoms with Gasteiger partial charge < -0.3 is 15.2 Å². The van der Waals surface area contributed by atoms with Crippen LogP contribution in [0.5, 0.6) is 0 Å². The molecule has 128 valence electrons. The van der Waals surface area contributed by atoms with Crippen LogP contribution < -0.4 is 5.32 Å². The Morgan fingerprint density at radius 3 is 3.12 bits per heavy atom. The van der Waals surface area contributed by atoms with Crippen LogP contribution in [0.3, 0.4) is 0 Å². The number of anilines is 1. The average molecular weight is 415 g/mol. The summed E-state index contributed by atoms with van der Waals surface area (Å²) in [5, 5.41) is 12.7. The molecule has 1 amide bonds. The van der Waals surface area contributed by atoms with Crippen molar-refractivity contribution in [3.63, 3.8) is 0 Å². The summed E-state index contributed by atoms with van der Waals surface area (Å²) in [4.78, 5) is 17.3. The Balaban J connectivity index is 1.60. The third kappa shape index (κ3) is 4.38. The monoisotopic (exact) mass is 414 g/mol. The van der Waals surface area contributed by atoms with Gasteiger partial charge in [0.15, 0.2) is 11.4 Å². The summed E-state index contributed by atoms with van der Waals surface area (Å²) in [5.41, 5.74) is 0.333. The quantitative estimate of drug-likeness (QED) is 0.803. The summed E-state index contributed by atoms with van der Waals surface area (Å²) in [6.45, 7) is 0.508. The van der Waals surface area contributed by atoms with Crippen LogP contribution in [-0.2, 0) is 16.0 Å². The topological polar surface area (TPSA) is 71.5 Å². The third-order valence-corrected chi connectivity index (χ3v) is 5.37. The molecule has 3 rings (SSSR count). The second-order valence-corrected chi connectivity index (χ2v) is 7.55. The molecule has 8 heteroatoms. The molecule has 5 nitrogen and oxygen atoms in total. The van der Waals surface area contributed by atoms with Crippen LogP contribution in [0.1, 0.15) is 29.2 Å². The van der Waals surface area contributed by atoms with Gasteiger partial charge >= 0.3 is 0 Å². The van der Waals surface area contributed by atoms with Crippen molar-refractivity contribution in [3.8, 4) is 0 Å². The van der Waals surface area contributed by atoms with Crippen molar-refractivity contribution in [2.75, 3.05) is 11.9 Å². The number of nitrogens with zero attached hydrogens (tertiary/aromatic N) is 1. The molecule has 0 spiro atoms. The Labute approximate surface area is 151 Å². The Morgan fingerprint density at radius 2 is 2.38 bits per heavy atom. The maximum atomic E-state index is 13.8. The Hall–Kier alpha value is -1.35. The summed E-state index contributed by atoms with van der Waals surface area (Å²) in [7, 11) is 0. The summed E-state index contributed by atoms with van der Waals surface area (Å²) in [6.07, 6.45) is 2.26. The first-order chi connectivity index (χ1) is 11.5. The van der Waals surface area contributed by atoms with E-state index in [0.717, 1.165) is 11.3 Å². The van der Waals surface area contributed by atoms with Crippen LogP contribution >= 0.6 is 27.3 Å². The SMILES string of the molecule is O=C(Cc1ccc(Br)cc1F)Nc1ncc(C2CCOC(O)C2)s1.